The highest BCUT2D eigenvalue weighted by atomic mass is 16.5. The van der Waals surface area contributed by atoms with Crippen molar-refractivity contribution >= 4 is 17.7 Å². The van der Waals surface area contributed by atoms with Gasteiger partial charge in [0, 0.05) is 32.2 Å². The average Bonchev–Trinajstić information content (AvgIpc) is 3.16. The molecule has 0 bridgehead atoms. The van der Waals surface area contributed by atoms with Gasteiger partial charge in [-0.15, -0.1) is 0 Å². The number of amides is 3. The highest BCUT2D eigenvalue weighted by molar-refractivity contribution is 5.98. The molecule has 1 saturated heterocycles. The van der Waals surface area contributed by atoms with Gasteiger partial charge in [0.2, 0.25) is 11.8 Å². The van der Waals surface area contributed by atoms with E-state index in [9.17, 15) is 14.4 Å². The third-order valence-electron chi connectivity index (χ3n) is 6.23. The van der Waals surface area contributed by atoms with Gasteiger partial charge < -0.3 is 25.0 Å². The van der Waals surface area contributed by atoms with Crippen LogP contribution in [0.25, 0.3) is 0 Å². The average molecular weight is 435 g/mol. The fourth-order valence-electron chi connectivity index (χ4n) is 4.50. The fourth-order valence-corrected chi connectivity index (χ4v) is 4.50. The summed E-state index contributed by atoms with van der Waals surface area (Å²) in [4.78, 5) is 39.3. The first kappa shape index (κ1) is 20.4. The number of likely N-dealkylation sites (tertiary alicyclic amines) is 1. The van der Waals surface area contributed by atoms with Crippen molar-refractivity contribution in [2.75, 3.05) is 19.6 Å². The van der Waals surface area contributed by atoms with Crippen LogP contribution in [-0.2, 0) is 16.0 Å². The molecule has 2 aromatic carbocycles. The molecule has 0 radical (unpaired) electrons. The summed E-state index contributed by atoms with van der Waals surface area (Å²) in [5, 5.41) is 5.82. The Kier molecular flexibility index (Phi) is 5.20. The number of fused-ring (bicyclic) bond motifs is 2. The molecule has 5 rings (SSSR count). The number of nitrogens with zero attached hydrogens (tertiary/aromatic N) is 1. The van der Waals surface area contributed by atoms with Crippen molar-refractivity contribution in [2.24, 2.45) is 0 Å². The van der Waals surface area contributed by atoms with E-state index < -0.39 is 5.72 Å². The van der Waals surface area contributed by atoms with Crippen molar-refractivity contribution in [1.82, 2.24) is 15.5 Å². The number of hydrogen-bond acceptors (Lipinski definition) is 5. The third-order valence-corrected chi connectivity index (χ3v) is 6.23. The maximum Gasteiger partial charge on any atom is 0.258 e. The lowest BCUT2D eigenvalue weighted by molar-refractivity contribution is -0.135. The van der Waals surface area contributed by atoms with Crippen LogP contribution in [0.5, 0.6) is 11.5 Å². The minimum absolute atomic E-state index is 0.0287. The van der Waals surface area contributed by atoms with Crippen LogP contribution < -0.4 is 20.1 Å². The Morgan fingerprint density at radius 2 is 1.88 bits per heavy atom. The van der Waals surface area contributed by atoms with Crippen LogP contribution in [0.4, 0.5) is 0 Å². The van der Waals surface area contributed by atoms with Crippen LogP contribution in [0.3, 0.4) is 0 Å². The molecule has 166 valence electrons. The van der Waals surface area contributed by atoms with Crippen LogP contribution >= 0.6 is 0 Å². The molecule has 1 fully saturated rings. The lowest BCUT2D eigenvalue weighted by atomic mass is 10.0. The van der Waals surface area contributed by atoms with Crippen molar-refractivity contribution in [1.29, 1.82) is 0 Å². The topological polar surface area (TPSA) is 97.0 Å². The van der Waals surface area contributed by atoms with E-state index in [1.807, 2.05) is 30.3 Å². The summed E-state index contributed by atoms with van der Waals surface area (Å²) in [6, 6.07) is 14.9. The Hall–Kier alpha value is -3.55. The van der Waals surface area contributed by atoms with Gasteiger partial charge in [-0.2, -0.15) is 0 Å². The van der Waals surface area contributed by atoms with Crippen molar-refractivity contribution in [3.63, 3.8) is 0 Å². The van der Waals surface area contributed by atoms with Gasteiger partial charge in [-0.3, -0.25) is 14.4 Å². The zero-order valence-electron chi connectivity index (χ0n) is 17.6. The number of nitrogens with one attached hydrogen (secondary N) is 2. The summed E-state index contributed by atoms with van der Waals surface area (Å²) in [5.41, 5.74) is 0.688. The molecule has 3 aliphatic rings. The van der Waals surface area contributed by atoms with E-state index in [1.165, 1.54) is 4.90 Å². The van der Waals surface area contributed by atoms with Gasteiger partial charge in [0.1, 0.15) is 17.6 Å². The summed E-state index contributed by atoms with van der Waals surface area (Å²) in [7, 11) is 0. The number of ether oxygens (including phenoxy) is 2. The van der Waals surface area contributed by atoms with Crippen LogP contribution in [-0.4, -0.2) is 54.1 Å². The van der Waals surface area contributed by atoms with Gasteiger partial charge in [0.25, 0.3) is 5.91 Å². The molecule has 2 aromatic rings. The Morgan fingerprint density at radius 1 is 1.09 bits per heavy atom. The minimum Gasteiger partial charge on any atom is -0.488 e. The normalized spacial score (nSPS) is 24.0. The molecule has 2 N–H and O–H groups in total. The van der Waals surface area contributed by atoms with Crippen LogP contribution in [0, 0.1) is 0 Å². The summed E-state index contributed by atoms with van der Waals surface area (Å²) >= 11 is 0. The molecule has 3 amide bonds. The Balaban J connectivity index is 1.16. The van der Waals surface area contributed by atoms with Gasteiger partial charge in [-0.05, 0) is 23.8 Å². The number of hydrogen-bond donors (Lipinski definition) is 2. The Morgan fingerprint density at radius 3 is 2.72 bits per heavy atom. The maximum absolute atomic E-state index is 12.7. The highest BCUT2D eigenvalue weighted by Crippen LogP contribution is 2.33. The number of para-hydroxylation sites is 2. The standard InChI is InChI=1S/C24H25N3O5/c28-21(25-14-17-13-16-5-1-3-7-19(16)31-17)15-27-12-11-24(10-9-22(27)29)26-23(30)18-6-2-4-8-20(18)32-24/h1-8,17H,9-15H2,(H,25,28)(H,26,30). The van der Waals surface area contributed by atoms with Gasteiger partial charge in [-0.25, -0.2) is 0 Å². The lowest BCUT2D eigenvalue weighted by Gasteiger charge is -2.38. The summed E-state index contributed by atoms with van der Waals surface area (Å²) in [5.74, 6) is 0.817. The monoisotopic (exact) mass is 435 g/mol. The van der Waals surface area contributed by atoms with Crippen LogP contribution in [0.15, 0.2) is 48.5 Å². The SMILES string of the molecule is O=C(CN1CCC2(CCC1=O)NC(=O)c1ccccc1O2)NCC1Cc2ccccc2O1. The van der Waals surface area contributed by atoms with E-state index in [4.69, 9.17) is 9.47 Å². The van der Waals surface area contributed by atoms with Gasteiger partial charge in [0.15, 0.2) is 5.72 Å². The molecule has 0 aromatic heterocycles. The van der Waals surface area contributed by atoms with Crippen molar-refractivity contribution < 1.29 is 23.9 Å². The van der Waals surface area contributed by atoms with E-state index >= 15 is 0 Å². The van der Waals surface area contributed by atoms with Gasteiger partial charge >= 0.3 is 0 Å². The van der Waals surface area contributed by atoms with Gasteiger partial charge in [-0.1, -0.05) is 30.3 Å². The Labute approximate surface area is 185 Å². The fraction of sp³-hybridized carbons (Fsp3) is 0.375. The summed E-state index contributed by atoms with van der Waals surface area (Å²) in [6.07, 6.45) is 1.60. The molecule has 8 nitrogen and oxygen atoms in total. The number of rotatable bonds is 4. The van der Waals surface area contributed by atoms with Crippen LogP contribution in [0.2, 0.25) is 0 Å². The van der Waals surface area contributed by atoms with Crippen LogP contribution in [0.1, 0.15) is 35.2 Å². The van der Waals surface area contributed by atoms with Gasteiger partial charge in [0.05, 0.1) is 18.7 Å². The second-order valence-corrected chi connectivity index (χ2v) is 8.47. The molecular formula is C24H25N3O5. The van der Waals surface area contributed by atoms with E-state index in [0.717, 1.165) is 17.7 Å². The zero-order valence-corrected chi connectivity index (χ0v) is 17.6. The van der Waals surface area contributed by atoms with E-state index in [1.54, 1.807) is 18.2 Å². The first-order valence-corrected chi connectivity index (χ1v) is 10.9. The predicted molar refractivity (Wildman–Crippen MR) is 115 cm³/mol. The quantitative estimate of drug-likeness (QED) is 0.761. The van der Waals surface area contributed by atoms with E-state index in [2.05, 4.69) is 10.6 Å². The molecule has 1 spiro atoms. The molecule has 32 heavy (non-hydrogen) atoms. The molecule has 0 saturated carbocycles. The van der Waals surface area contributed by atoms with Crippen molar-refractivity contribution in [3.05, 3.63) is 59.7 Å². The number of benzene rings is 2. The largest absolute Gasteiger partial charge is 0.488 e. The Bertz CT molecular complexity index is 1050. The van der Waals surface area contributed by atoms with Crippen molar-refractivity contribution in [3.8, 4) is 11.5 Å². The lowest BCUT2D eigenvalue weighted by Crippen LogP contribution is -2.56. The number of carbonyl (C=O) groups excluding carboxylic acids is 3. The molecule has 8 heteroatoms. The maximum atomic E-state index is 12.7. The molecule has 3 aliphatic heterocycles. The van der Waals surface area contributed by atoms with Crippen molar-refractivity contribution in [2.45, 2.75) is 37.5 Å². The molecule has 2 unspecified atom stereocenters. The zero-order chi connectivity index (χ0) is 22.1. The highest BCUT2D eigenvalue weighted by Gasteiger charge is 2.42. The third kappa shape index (κ3) is 4.00. The first-order chi connectivity index (χ1) is 15.5. The molecule has 3 heterocycles. The van der Waals surface area contributed by atoms with E-state index in [0.29, 0.717) is 37.2 Å². The summed E-state index contributed by atoms with van der Waals surface area (Å²) in [6.45, 7) is 0.675. The number of carbonyl (C=O) groups is 3. The molecular weight excluding hydrogens is 410 g/mol. The molecule has 0 aliphatic carbocycles. The predicted octanol–water partition coefficient (Wildman–Crippen LogP) is 1.64. The molecule has 2 atom stereocenters. The van der Waals surface area contributed by atoms with E-state index in [-0.39, 0.29) is 36.8 Å². The first-order valence-electron chi connectivity index (χ1n) is 10.9. The minimum atomic E-state index is -0.935. The second-order valence-electron chi connectivity index (χ2n) is 8.47. The summed E-state index contributed by atoms with van der Waals surface area (Å²) < 4.78 is 12.0. The second kappa shape index (κ2) is 8.18. The smallest absolute Gasteiger partial charge is 0.258 e.